The van der Waals surface area contributed by atoms with Crippen molar-refractivity contribution in [1.29, 1.82) is 0 Å². The van der Waals surface area contributed by atoms with Crippen LogP contribution in [0.5, 0.6) is 5.75 Å². The number of hydrazine groups is 1. The Morgan fingerprint density at radius 1 is 1.27 bits per heavy atom. The molecule has 1 rings (SSSR count). The summed E-state index contributed by atoms with van der Waals surface area (Å²) >= 11 is 0. The average molecular weight is 209 g/mol. The van der Waals surface area contributed by atoms with Crippen LogP contribution in [-0.4, -0.2) is 13.8 Å². The summed E-state index contributed by atoms with van der Waals surface area (Å²) < 4.78 is 5.32. The van der Waals surface area contributed by atoms with Crippen LogP contribution in [0.2, 0.25) is 0 Å². The third-order valence-corrected chi connectivity index (χ3v) is 2.44. The van der Waals surface area contributed by atoms with Crippen LogP contribution in [-0.2, 0) is 6.54 Å². The van der Waals surface area contributed by atoms with Gasteiger partial charge in [-0.2, -0.15) is 0 Å². The zero-order valence-electron chi connectivity index (χ0n) is 9.55. The minimum Gasteiger partial charge on any atom is -0.496 e. The normalized spacial score (nSPS) is 10.4. The van der Waals surface area contributed by atoms with Crippen LogP contribution < -0.4 is 21.3 Å². The lowest BCUT2D eigenvalue weighted by atomic mass is 10.1. The van der Waals surface area contributed by atoms with Gasteiger partial charge in [-0.1, -0.05) is 6.07 Å². The number of nitrogens with two attached hydrogens (primary N) is 1. The highest BCUT2D eigenvalue weighted by Crippen LogP contribution is 2.22. The lowest BCUT2D eigenvalue weighted by molar-refractivity contribution is 0.406. The highest BCUT2D eigenvalue weighted by atomic mass is 16.5. The van der Waals surface area contributed by atoms with E-state index >= 15 is 0 Å². The minimum absolute atomic E-state index is 0.579. The molecule has 0 atom stereocenters. The lowest BCUT2D eigenvalue weighted by Gasteiger charge is -2.12. The lowest BCUT2D eigenvalue weighted by Crippen LogP contribution is -2.33. The molecule has 1 aromatic rings. The third kappa shape index (κ3) is 3.20. The molecule has 0 spiro atoms. The molecule has 0 aliphatic carbocycles. The van der Waals surface area contributed by atoms with Gasteiger partial charge in [0.2, 0.25) is 0 Å². The summed E-state index contributed by atoms with van der Waals surface area (Å²) in [6.45, 7) is 5.50. The molecule has 0 aliphatic rings. The number of hydrogen-bond donors (Lipinski definition) is 3. The van der Waals surface area contributed by atoms with E-state index in [9.17, 15) is 0 Å². The fourth-order valence-electron chi connectivity index (χ4n) is 1.45. The summed E-state index contributed by atoms with van der Waals surface area (Å²) in [4.78, 5) is 0. The molecule has 0 saturated carbocycles. The van der Waals surface area contributed by atoms with Gasteiger partial charge in [0.05, 0.1) is 13.8 Å². The maximum absolute atomic E-state index is 5.32. The quantitative estimate of drug-likeness (QED) is 0.291. The maximum Gasteiger partial charge on any atom is 0.123 e. The van der Waals surface area contributed by atoms with Crippen molar-refractivity contribution in [2.45, 2.75) is 20.4 Å². The van der Waals surface area contributed by atoms with Crippen molar-refractivity contribution in [3.8, 4) is 5.75 Å². The second-order valence-electron chi connectivity index (χ2n) is 3.56. The molecule has 0 amide bonds. The molecule has 0 fully saturated rings. The summed E-state index contributed by atoms with van der Waals surface area (Å²) in [6, 6.07) is 4.19. The first-order valence-electron chi connectivity index (χ1n) is 4.97. The summed E-state index contributed by atoms with van der Waals surface area (Å²) in [6.07, 6.45) is 0. The van der Waals surface area contributed by atoms with E-state index in [0.717, 1.165) is 17.9 Å². The number of methoxy groups -OCH3 is 1. The molecule has 0 heterocycles. The van der Waals surface area contributed by atoms with E-state index in [1.807, 2.05) is 0 Å². The van der Waals surface area contributed by atoms with Gasteiger partial charge < -0.3 is 4.74 Å². The predicted molar refractivity (Wildman–Crippen MR) is 61.5 cm³/mol. The van der Waals surface area contributed by atoms with Crippen molar-refractivity contribution in [3.05, 3.63) is 28.8 Å². The number of hydrogen-bond acceptors (Lipinski definition) is 4. The van der Waals surface area contributed by atoms with Gasteiger partial charge in [-0.15, -0.1) is 0 Å². The molecule has 1 aromatic carbocycles. The Kier molecular flexibility index (Phi) is 4.55. The van der Waals surface area contributed by atoms with Gasteiger partial charge in [0.15, 0.2) is 0 Å². The molecule has 0 bridgehead atoms. The Labute approximate surface area is 90.8 Å². The van der Waals surface area contributed by atoms with E-state index in [-0.39, 0.29) is 0 Å². The topological polar surface area (TPSA) is 59.3 Å². The highest BCUT2D eigenvalue weighted by molar-refractivity contribution is 5.41. The number of rotatable bonds is 5. The summed E-state index contributed by atoms with van der Waals surface area (Å²) in [5, 5.41) is 3.16. The van der Waals surface area contributed by atoms with Gasteiger partial charge in [0.1, 0.15) is 5.75 Å². The van der Waals surface area contributed by atoms with Gasteiger partial charge in [0.25, 0.3) is 0 Å². The molecule has 84 valence electrons. The molecule has 4 heteroatoms. The molecule has 0 aliphatic heterocycles. The van der Waals surface area contributed by atoms with Gasteiger partial charge in [0, 0.05) is 12.1 Å². The van der Waals surface area contributed by atoms with Crippen molar-refractivity contribution < 1.29 is 4.74 Å². The van der Waals surface area contributed by atoms with E-state index in [0.29, 0.717) is 6.67 Å². The number of nitrogens with one attached hydrogen (secondary N) is 2. The van der Waals surface area contributed by atoms with Crippen molar-refractivity contribution in [1.82, 2.24) is 10.7 Å². The standard InChI is InChI=1S/C11H19N3O/c1-8-4-10(6-13-7-14-12)11(15-3)5-9(8)2/h4-5,13-14H,6-7,12H2,1-3H3. The number of aryl methyl sites for hydroxylation is 2. The van der Waals surface area contributed by atoms with Crippen LogP contribution in [0.15, 0.2) is 12.1 Å². The van der Waals surface area contributed by atoms with Crippen LogP contribution in [0.4, 0.5) is 0 Å². The van der Waals surface area contributed by atoms with E-state index < -0.39 is 0 Å². The van der Waals surface area contributed by atoms with Crippen LogP contribution >= 0.6 is 0 Å². The van der Waals surface area contributed by atoms with Crippen LogP contribution in [0.25, 0.3) is 0 Å². The smallest absolute Gasteiger partial charge is 0.123 e. The van der Waals surface area contributed by atoms with E-state index in [1.54, 1.807) is 7.11 Å². The molecule has 0 unspecified atom stereocenters. The molecular weight excluding hydrogens is 190 g/mol. The Hall–Kier alpha value is -1.10. The molecule has 0 saturated heterocycles. The van der Waals surface area contributed by atoms with Crippen molar-refractivity contribution >= 4 is 0 Å². The molecule has 0 radical (unpaired) electrons. The Bertz CT molecular complexity index is 326. The van der Waals surface area contributed by atoms with Crippen molar-refractivity contribution in [2.75, 3.05) is 13.8 Å². The zero-order chi connectivity index (χ0) is 11.3. The van der Waals surface area contributed by atoms with Crippen LogP contribution in [0, 0.1) is 13.8 Å². The minimum atomic E-state index is 0.579. The van der Waals surface area contributed by atoms with Gasteiger partial charge >= 0.3 is 0 Å². The molecule has 4 nitrogen and oxygen atoms in total. The van der Waals surface area contributed by atoms with Crippen molar-refractivity contribution in [3.63, 3.8) is 0 Å². The summed E-state index contributed by atoms with van der Waals surface area (Å²) in [5.74, 6) is 6.09. The zero-order valence-corrected chi connectivity index (χ0v) is 9.55. The second-order valence-corrected chi connectivity index (χ2v) is 3.56. The number of benzene rings is 1. The Balaban J connectivity index is 2.80. The van der Waals surface area contributed by atoms with Crippen molar-refractivity contribution in [2.24, 2.45) is 5.84 Å². The SMILES string of the molecule is COc1cc(C)c(C)cc1CNCNN. The number of ether oxygens (including phenoxy) is 1. The molecule has 4 N–H and O–H groups in total. The molecule has 15 heavy (non-hydrogen) atoms. The second kappa shape index (κ2) is 5.70. The van der Waals surface area contributed by atoms with E-state index in [2.05, 4.69) is 36.7 Å². The first-order valence-corrected chi connectivity index (χ1v) is 4.97. The Morgan fingerprint density at radius 2 is 1.93 bits per heavy atom. The van der Waals surface area contributed by atoms with E-state index in [4.69, 9.17) is 10.6 Å². The van der Waals surface area contributed by atoms with E-state index in [1.165, 1.54) is 11.1 Å². The predicted octanol–water partition coefficient (Wildman–Crippen LogP) is 0.822. The molecular formula is C11H19N3O. The summed E-state index contributed by atoms with van der Waals surface area (Å²) in [7, 11) is 1.69. The van der Waals surface area contributed by atoms with Crippen LogP contribution in [0.1, 0.15) is 16.7 Å². The molecule has 0 aromatic heterocycles. The highest BCUT2D eigenvalue weighted by Gasteiger charge is 2.04. The first-order chi connectivity index (χ1) is 7.19. The third-order valence-electron chi connectivity index (χ3n) is 2.44. The maximum atomic E-state index is 5.32. The fourth-order valence-corrected chi connectivity index (χ4v) is 1.45. The largest absolute Gasteiger partial charge is 0.496 e. The monoisotopic (exact) mass is 209 g/mol. The Morgan fingerprint density at radius 3 is 2.53 bits per heavy atom. The van der Waals surface area contributed by atoms with Gasteiger partial charge in [-0.25, -0.2) is 5.43 Å². The van der Waals surface area contributed by atoms with Gasteiger partial charge in [-0.05, 0) is 31.0 Å². The first kappa shape index (κ1) is 12.0. The average Bonchev–Trinajstić information content (AvgIpc) is 2.23. The van der Waals surface area contributed by atoms with Gasteiger partial charge in [-0.3, -0.25) is 11.2 Å². The fraction of sp³-hybridized carbons (Fsp3) is 0.455. The van der Waals surface area contributed by atoms with Crippen LogP contribution in [0.3, 0.4) is 0 Å². The summed E-state index contributed by atoms with van der Waals surface area (Å²) in [5.41, 5.74) is 6.21.